The number of hydrogen-bond acceptors (Lipinski definition) is 6. The lowest BCUT2D eigenvalue weighted by molar-refractivity contribution is -0.161. The number of likely N-dealkylation sites (tertiary alicyclic amines) is 1. The normalized spacial score (nSPS) is 31.1. The van der Waals surface area contributed by atoms with E-state index in [4.69, 9.17) is 9.47 Å². The Labute approximate surface area is 246 Å². The van der Waals surface area contributed by atoms with Crippen molar-refractivity contribution in [1.29, 1.82) is 0 Å². The molecule has 2 amide bonds. The first-order chi connectivity index (χ1) is 20.3. The summed E-state index contributed by atoms with van der Waals surface area (Å²) < 4.78 is 12.6. The van der Waals surface area contributed by atoms with Gasteiger partial charge in [-0.05, 0) is 49.8 Å². The molecule has 42 heavy (non-hydrogen) atoms. The molecule has 8 nitrogen and oxygen atoms in total. The van der Waals surface area contributed by atoms with Crippen LogP contribution in [0.2, 0.25) is 0 Å². The number of aliphatic hydroxyl groups is 1. The number of carbonyl (C=O) groups is 3. The van der Waals surface area contributed by atoms with Crippen LogP contribution in [0.4, 0.5) is 5.69 Å². The number of rotatable bonds is 6. The highest BCUT2D eigenvalue weighted by Gasteiger charge is 2.76. The van der Waals surface area contributed by atoms with Crippen LogP contribution in [0.25, 0.3) is 0 Å². The maximum absolute atomic E-state index is 14.9. The topological polar surface area (TPSA) is 96.4 Å². The number of esters is 1. The van der Waals surface area contributed by atoms with E-state index >= 15 is 0 Å². The number of fused-ring (bicyclic) bond motifs is 2. The second kappa shape index (κ2) is 10.8. The Morgan fingerprint density at radius 3 is 2.38 bits per heavy atom. The molecule has 6 rings (SSSR count). The lowest BCUT2D eigenvalue weighted by Crippen LogP contribution is -2.59. The van der Waals surface area contributed by atoms with Gasteiger partial charge in [0.25, 0.3) is 5.91 Å². The Balaban J connectivity index is 1.54. The number of ether oxygens (including phenoxy) is 2. The molecule has 6 atom stereocenters. The Bertz CT molecular complexity index is 1430. The van der Waals surface area contributed by atoms with Crippen molar-refractivity contribution in [2.75, 3.05) is 24.7 Å². The number of nitrogens with zero attached hydrogens (tertiary/aromatic N) is 2. The lowest BCUT2D eigenvalue weighted by atomic mass is 9.73. The van der Waals surface area contributed by atoms with Gasteiger partial charge in [0.15, 0.2) is 0 Å². The molecule has 4 heterocycles. The van der Waals surface area contributed by atoms with E-state index in [2.05, 4.69) is 0 Å². The van der Waals surface area contributed by atoms with E-state index in [0.29, 0.717) is 19.3 Å². The number of carbonyl (C=O) groups excluding carboxylic acids is 3. The third-order valence-corrected chi connectivity index (χ3v) is 9.47. The van der Waals surface area contributed by atoms with Crippen LogP contribution in [-0.4, -0.2) is 70.8 Å². The number of aryl methyl sites for hydroxylation is 2. The molecule has 2 fully saturated rings. The first kappa shape index (κ1) is 28.4. The summed E-state index contributed by atoms with van der Waals surface area (Å²) in [5, 5.41) is 10.7. The van der Waals surface area contributed by atoms with Gasteiger partial charge in [0.2, 0.25) is 5.91 Å². The average Bonchev–Trinajstić information content (AvgIpc) is 3.33. The van der Waals surface area contributed by atoms with Crippen LogP contribution in [0.5, 0.6) is 0 Å². The van der Waals surface area contributed by atoms with E-state index in [1.54, 1.807) is 4.90 Å². The fourth-order valence-corrected chi connectivity index (χ4v) is 7.63. The smallest absolute Gasteiger partial charge is 0.313 e. The molecule has 2 aromatic carbocycles. The van der Waals surface area contributed by atoms with Crippen molar-refractivity contribution in [2.24, 2.45) is 11.8 Å². The maximum atomic E-state index is 14.9. The monoisotopic (exact) mass is 570 g/mol. The summed E-state index contributed by atoms with van der Waals surface area (Å²) >= 11 is 0. The van der Waals surface area contributed by atoms with Crippen molar-refractivity contribution in [2.45, 2.75) is 63.3 Å². The Morgan fingerprint density at radius 2 is 1.69 bits per heavy atom. The minimum absolute atomic E-state index is 0.217. The SMILES string of the molecule is CC[C@@]12C=CCCOC(=O)[C@@H]1[C@H]1C(=O)N([C@@H](CO)Cc3ccccc3)C3C(=O)N(c4c(C)cccc4C)CC=C[C@@]31O2. The summed E-state index contributed by atoms with van der Waals surface area (Å²) in [7, 11) is 0. The quantitative estimate of drug-likeness (QED) is 0.421. The molecule has 1 N–H and O–H groups in total. The molecular weight excluding hydrogens is 532 g/mol. The first-order valence-corrected chi connectivity index (χ1v) is 14.8. The second-order valence-corrected chi connectivity index (χ2v) is 11.8. The number of cyclic esters (lactones) is 1. The lowest BCUT2D eigenvalue weighted by Gasteiger charge is -2.41. The van der Waals surface area contributed by atoms with Crippen molar-refractivity contribution in [3.63, 3.8) is 0 Å². The Morgan fingerprint density at radius 1 is 0.952 bits per heavy atom. The van der Waals surface area contributed by atoms with Crippen molar-refractivity contribution in [3.8, 4) is 0 Å². The molecule has 2 aromatic rings. The largest absolute Gasteiger partial charge is 0.465 e. The fraction of sp³-hybridized carbons (Fsp3) is 0.441. The number of anilines is 1. The van der Waals surface area contributed by atoms with Gasteiger partial charge in [-0.2, -0.15) is 0 Å². The van der Waals surface area contributed by atoms with Crippen molar-refractivity contribution < 1.29 is 29.0 Å². The highest BCUT2D eigenvalue weighted by Crippen LogP contribution is 2.59. The highest BCUT2D eigenvalue weighted by atomic mass is 16.6. The molecule has 1 spiro atoms. The van der Waals surface area contributed by atoms with Crippen molar-refractivity contribution >= 4 is 23.5 Å². The van der Waals surface area contributed by atoms with Gasteiger partial charge >= 0.3 is 5.97 Å². The zero-order valence-electron chi connectivity index (χ0n) is 24.4. The summed E-state index contributed by atoms with van der Waals surface area (Å²) in [6.45, 7) is 6.01. The molecule has 0 aliphatic carbocycles. The van der Waals surface area contributed by atoms with E-state index < -0.39 is 41.1 Å². The van der Waals surface area contributed by atoms with Crippen molar-refractivity contribution in [3.05, 3.63) is 89.5 Å². The number of amides is 2. The highest BCUT2D eigenvalue weighted by molar-refractivity contribution is 6.06. The summed E-state index contributed by atoms with van der Waals surface area (Å²) in [4.78, 5) is 46.6. The molecule has 4 aliphatic heterocycles. The van der Waals surface area contributed by atoms with Gasteiger partial charge in [-0.25, -0.2) is 0 Å². The van der Waals surface area contributed by atoms with Crippen LogP contribution in [0.3, 0.4) is 0 Å². The Kier molecular flexibility index (Phi) is 7.31. The predicted octanol–water partition coefficient (Wildman–Crippen LogP) is 3.67. The molecule has 0 aromatic heterocycles. The number of aliphatic hydroxyl groups excluding tert-OH is 1. The first-order valence-electron chi connectivity index (χ1n) is 14.8. The van der Waals surface area contributed by atoms with Crippen LogP contribution in [0.1, 0.15) is 36.5 Å². The van der Waals surface area contributed by atoms with Crippen molar-refractivity contribution in [1.82, 2.24) is 4.90 Å². The number of benzene rings is 2. The van der Waals surface area contributed by atoms with Gasteiger partial charge in [-0.3, -0.25) is 14.4 Å². The third-order valence-electron chi connectivity index (χ3n) is 9.47. The van der Waals surface area contributed by atoms with Crippen LogP contribution in [0.15, 0.2) is 72.8 Å². The van der Waals surface area contributed by atoms with Crippen LogP contribution in [0, 0.1) is 25.7 Å². The predicted molar refractivity (Wildman–Crippen MR) is 158 cm³/mol. The maximum Gasteiger partial charge on any atom is 0.313 e. The van der Waals surface area contributed by atoms with E-state index in [1.165, 1.54) is 4.90 Å². The van der Waals surface area contributed by atoms with Gasteiger partial charge in [-0.15, -0.1) is 0 Å². The van der Waals surface area contributed by atoms with E-state index in [0.717, 1.165) is 22.4 Å². The number of hydrogen-bond donors (Lipinski definition) is 1. The standard InChI is InChI=1S/C34H38N2O6/c1-4-33-16-8-9-19-41-32(40)27(33)26-30(38)36(25(21-37)20-24-14-6-5-7-15-24)29-31(39)35(18-11-17-34(26,29)42-33)28-22(2)12-10-13-23(28)3/h5-8,10-17,25-27,29,37H,4,9,18-21H2,1-3H3/t25-,26+,27+,29?,33-,34+/m1/s1. The summed E-state index contributed by atoms with van der Waals surface area (Å²) in [6, 6.07) is 13.7. The molecular formula is C34H38N2O6. The van der Waals surface area contributed by atoms with Gasteiger partial charge in [-0.1, -0.05) is 79.8 Å². The summed E-state index contributed by atoms with van der Waals surface area (Å²) in [5.41, 5.74) is 1.07. The molecule has 0 radical (unpaired) electrons. The zero-order chi connectivity index (χ0) is 29.6. The third kappa shape index (κ3) is 4.23. The molecule has 1 unspecified atom stereocenters. The summed E-state index contributed by atoms with van der Waals surface area (Å²) in [6.07, 6.45) is 8.88. The van der Waals surface area contributed by atoms with E-state index in [1.807, 2.05) is 93.6 Å². The van der Waals surface area contributed by atoms with E-state index in [-0.39, 0.29) is 31.6 Å². The number of para-hydroxylation sites is 1. The molecule has 0 bridgehead atoms. The second-order valence-electron chi connectivity index (χ2n) is 11.8. The summed E-state index contributed by atoms with van der Waals surface area (Å²) in [5.74, 6) is -3.07. The Hall–Kier alpha value is -3.75. The van der Waals surface area contributed by atoms with Gasteiger partial charge < -0.3 is 24.4 Å². The fourth-order valence-electron chi connectivity index (χ4n) is 7.63. The molecule has 4 aliphatic rings. The van der Waals surface area contributed by atoms with Crippen LogP contribution in [-0.2, 0) is 30.3 Å². The minimum atomic E-state index is -1.42. The molecule has 2 saturated heterocycles. The van der Waals surface area contributed by atoms with Gasteiger partial charge in [0.1, 0.15) is 23.2 Å². The van der Waals surface area contributed by atoms with Gasteiger partial charge in [0, 0.05) is 12.2 Å². The average molecular weight is 571 g/mol. The van der Waals surface area contributed by atoms with Crippen LogP contribution >= 0.6 is 0 Å². The zero-order valence-corrected chi connectivity index (χ0v) is 24.4. The van der Waals surface area contributed by atoms with Gasteiger partial charge in [0.05, 0.1) is 25.2 Å². The van der Waals surface area contributed by atoms with E-state index in [9.17, 15) is 19.5 Å². The molecule has 0 saturated carbocycles. The molecule has 8 heteroatoms. The van der Waals surface area contributed by atoms with Crippen LogP contribution < -0.4 is 4.90 Å². The molecule has 220 valence electrons. The minimum Gasteiger partial charge on any atom is -0.465 e.